The van der Waals surface area contributed by atoms with E-state index in [4.69, 9.17) is 16.6 Å². The van der Waals surface area contributed by atoms with Gasteiger partial charge in [0.25, 0.3) is 0 Å². The van der Waals surface area contributed by atoms with Gasteiger partial charge in [-0.3, -0.25) is 4.99 Å². The SMILES string of the molecule is Cc1cc(Cl)cc2c1C(=Nc1ccccc1)CS2. The average Bonchev–Trinajstić information content (AvgIpc) is 2.73. The van der Waals surface area contributed by atoms with Crippen molar-refractivity contribution in [2.45, 2.75) is 11.8 Å². The molecule has 0 aliphatic carbocycles. The Bertz CT molecular complexity index is 620. The highest BCUT2D eigenvalue weighted by atomic mass is 35.5. The zero-order valence-corrected chi connectivity index (χ0v) is 11.6. The van der Waals surface area contributed by atoms with Crippen LogP contribution in [0.5, 0.6) is 0 Å². The number of hydrogen-bond acceptors (Lipinski definition) is 2. The van der Waals surface area contributed by atoms with E-state index in [1.807, 2.05) is 54.2 Å². The van der Waals surface area contributed by atoms with Crippen LogP contribution in [0.1, 0.15) is 11.1 Å². The van der Waals surface area contributed by atoms with Crippen LogP contribution in [0, 0.1) is 6.92 Å². The normalized spacial score (nSPS) is 16.0. The first-order valence-electron chi connectivity index (χ1n) is 5.80. The van der Waals surface area contributed by atoms with Gasteiger partial charge in [-0.2, -0.15) is 0 Å². The molecule has 3 rings (SSSR count). The molecule has 0 saturated carbocycles. The van der Waals surface area contributed by atoms with E-state index in [0.717, 1.165) is 22.2 Å². The third-order valence-corrected chi connectivity index (χ3v) is 4.21. The van der Waals surface area contributed by atoms with Gasteiger partial charge in [0.1, 0.15) is 0 Å². The summed E-state index contributed by atoms with van der Waals surface area (Å²) in [4.78, 5) is 5.99. The van der Waals surface area contributed by atoms with Crippen molar-refractivity contribution in [2.75, 3.05) is 5.75 Å². The van der Waals surface area contributed by atoms with Crippen molar-refractivity contribution >= 4 is 34.8 Å². The van der Waals surface area contributed by atoms with Crippen LogP contribution in [0.2, 0.25) is 5.02 Å². The average molecular weight is 274 g/mol. The molecule has 1 aliphatic heterocycles. The predicted octanol–water partition coefficient (Wildman–Crippen LogP) is 4.87. The second kappa shape index (κ2) is 4.79. The zero-order valence-electron chi connectivity index (χ0n) is 9.98. The van der Waals surface area contributed by atoms with Gasteiger partial charge in [0.2, 0.25) is 0 Å². The van der Waals surface area contributed by atoms with Crippen LogP contribution in [-0.4, -0.2) is 11.5 Å². The first-order valence-corrected chi connectivity index (χ1v) is 7.16. The lowest BCUT2D eigenvalue weighted by atomic mass is 10.1. The van der Waals surface area contributed by atoms with E-state index in [0.29, 0.717) is 0 Å². The Morgan fingerprint density at radius 2 is 1.94 bits per heavy atom. The molecule has 1 nitrogen and oxygen atoms in total. The molecule has 1 aliphatic rings. The first-order chi connectivity index (χ1) is 8.74. The van der Waals surface area contributed by atoms with E-state index in [1.165, 1.54) is 16.0 Å². The Kier molecular flexibility index (Phi) is 3.14. The van der Waals surface area contributed by atoms with Gasteiger partial charge < -0.3 is 0 Å². The number of rotatable bonds is 1. The molecule has 0 amide bonds. The van der Waals surface area contributed by atoms with Crippen LogP contribution in [0.4, 0.5) is 5.69 Å². The van der Waals surface area contributed by atoms with Gasteiger partial charge in [0, 0.05) is 21.2 Å². The van der Waals surface area contributed by atoms with Crippen LogP contribution >= 0.6 is 23.4 Å². The summed E-state index contributed by atoms with van der Waals surface area (Å²) in [6.07, 6.45) is 0. The molecule has 0 N–H and O–H groups in total. The smallest absolute Gasteiger partial charge is 0.0633 e. The number of aryl methyl sites for hydroxylation is 1. The third-order valence-electron chi connectivity index (χ3n) is 2.94. The molecule has 1 heterocycles. The van der Waals surface area contributed by atoms with Crippen molar-refractivity contribution in [1.29, 1.82) is 0 Å². The van der Waals surface area contributed by atoms with Crippen LogP contribution < -0.4 is 0 Å². The molecule has 0 atom stereocenters. The first kappa shape index (κ1) is 11.8. The number of thioether (sulfide) groups is 1. The van der Waals surface area contributed by atoms with E-state index in [1.54, 1.807) is 0 Å². The van der Waals surface area contributed by atoms with E-state index >= 15 is 0 Å². The molecule has 3 heteroatoms. The quantitative estimate of drug-likeness (QED) is 0.722. The molecule has 0 spiro atoms. The number of hydrogen-bond donors (Lipinski definition) is 0. The Morgan fingerprint density at radius 1 is 1.17 bits per heavy atom. The number of halogens is 1. The van der Waals surface area contributed by atoms with Crippen molar-refractivity contribution in [3.63, 3.8) is 0 Å². The summed E-state index contributed by atoms with van der Waals surface area (Å²) in [5, 5.41) is 0.805. The molecule has 2 aromatic carbocycles. The van der Waals surface area contributed by atoms with Gasteiger partial charge in [-0.15, -0.1) is 11.8 Å². The van der Waals surface area contributed by atoms with Crippen molar-refractivity contribution in [3.05, 3.63) is 58.6 Å². The topological polar surface area (TPSA) is 12.4 Å². The second-order valence-electron chi connectivity index (χ2n) is 4.28. The summed E-state index contributed by atoms with van der Waals surface area (Å²) in [6, 6.07) is 14.1. The second-order valence-corrected chi connectivity index (χ2v) is 5.73. The maximum atomic E-state index is 6.08. The van der Waals surface area contributed by atoms with Crippen molar-refractivity contribution in [2.24, 2.45) is 4.99 Å². The summed E-state index contributed by atoms with van der Waals surface area (Å²) in [6.45, 7) is 2.09. The number of nitrogens with zero attached hydrogens (tertiary/aromatic N) is 1. The highest BCUT2D eigenvalue weighted by molar-refractivity contribution is 8.00. The number of aliphatic imine (C=N–C) groups is 1. The molecule has 2 aromatic rings. The minimum absolute atomic E-state index is 0.805. The Balaban J connectivity index is 2.08. The molecule has 0 saturated heterocycles. The fraction of sp³-hybridized carbons (Fsp3) is 0.133. The monoisotopic (exact) mass is 273 g/mol. The fourth-order valence-electron chi connectivity index (χ4n) is 2.16. The zero-order chi connectivity index (χ0) is 12.5. The Hall–Kier alpha value is -1.25. The maximum absolute atomic E-state index is 6.08. The fourth-order valence-corrected chi connectivity index (χ4v) is 3.63. The van der Waals surface area contributed by atoms with E-state index in [-0.39, 0.29) is 0 Å². The van der Waals surface area contributed by atoms with Crippen molar-refractivity contribution < 1.29 is 0 Å². The molecule has 0 unspecified atom stereocenters. The molecule has 0 aromatic heterocycles. The molecule has 0 bridgehead atoms. The minimum atomic E-state index is 0.805. The molecule has 0 radical (unpaired) electrons. The van der Waals surface area contributed by atoms with Gasteiger partial charge in [-0.25, -0.2) is 0 Å². The molecular weight excluding hydrogens is 262 g/mol. The summed E-state index contributed by atoms with van der Waals surface area (Å²) in [7, 11) is 0. The van der Waals surface area contributed by atoms with Gasteiger partial charge in [-0.05, 0) is 36.8 Å². The summed E-state index contributed by atoms with van der Waals surface area (Å²) < 4.78 is 0. The van der Waals surface area contributed by atoms with Gasteiger partial charge in [0.05, 0.1) is 11.4 Å². The summed E-state index contributed by atoms with van der Waals surface area (Å²) in [5.74, 6) is 0.922. The van der Waals surface area contributed by atoms with Crippen LogP contribution in [-0.2, 0) is 0 Å². The van der Waals surface area contributed by atoms with Crippen molar-refractivity contribution in [3.8, 4) is 0 Å². The summed E-state index contributed by atoms with van der Waals surface area (Å²) in [5.41, 5.74) is 4.62. The Morgan fingerprint density at radius 3 is 2.72 bits per heavy atom. The van der Waals surface area contributed by atoms with Gasteiger partial charge >= 0.3 is 0 Å². The molecular formula is C15H12ClNS. The van der Waals surface area contributed by atoms with Crippen LogP contribution in [0.3, 0.4) is 0 Å². The van der Waals surface area contributed by atoms with E-state index in [2.05, 4.69) is 6.92 Å². The molecule has 18 heavy (non-hydrogen) atoms. The Labute approximate surface area is 116 Å². The van der Waals surface area contributed by atoms with E-state index in [9.17, 15) is 0 Å². The lowest BCUT2D eigenvalue weighted by Gasteiger charge is -2.05. The van der Waals surface area contributed by atoms with E-state index < -0.39 is 0 Å². The number of fused-ring (bicyclic) bond motifs is 1. The van der Waals surface area contributed by atoms with Crippen molar-refractivity contribution in [1.82, 2.24) is 0 Å². The number of para-hydroxylation sites is 1. The minimum Gasteiger partial charge on any atom is -0.252 e. The standard InChI is InChI=1S/C15H12ClNS/c1-10-7-11(16)8-14-15(10)13(9-18-14)17-12-5-3-2-4-6-12/h2-8H,9H2,1H3. The molecule has 90 valence electrons. The van der Waals surface area contributed by atoms with Gasteiger partial charge in [0.15, 0.2) is 0 Å². The maximum Gasteiger partial charge on any atom is 0.0633 e. The third kappa shape index (κ3) is 2.18. The number of benzene rings is 2. The van der Waals surface area contributed by atoms with Gasteiger partial charge in [-0.1, -0.05) is 29.8 Å². The molecule has 0 fully saturated rings. The highest BCUT2D eigenvalue weighted by Crippen LogP contribution is 2.37. The predicted molar refractivity (Wildman–Crippen MR) is 79.6 cm³/mol. The lowest BCUT2D eigenvalue weighted by Crippen LogP contribution is -2.00. The summed E-state index contributed by atoms with van der Waals surface area (Å²) >= 11 is 7.89. The van der Waals surface area contributed by atoms with Crippen LogP contribution in [0.25, 0.3) is 0 Å². The largest absolute Gasteiger partial charge is 0.252 e. The van der Waals surface area contributed by atoms with Crippen LogP contribution in [0.15, 0.2) is 52.4 Å². The lowest BCUT2D eigenvalue weighted by molar-refractivity contribution is 1.33. The highest BCUT2D eigenvalue weighted by Gasteiger charge is 2.21.